The number of aryl methyl sites for hydroxylation is 1. The molecule has 0 aliphatic carbocycles. The molecular weight excluding hydrogens is 416 g/mol. The highest BCUT2D eigenvalue weighted by atomic mass is 35.5. The average molecular weight is 437 g/mol. The summed E-state index contributed by atoms with van der Waals surface area (Å²) in [4.78, 5) is 24.8. The van der Waals surface area contributed by atoms with Gasteiger partial charge in [0.25, 0.3) is 5.91 Å². The van der Waals surface area contributed by atoms with Crippen LogP contribution in [0.25, 0.3) is 5.69 Å². The van der Waals surface area contributed by atoms with Crippen molar-refractivity contribution in [2.45, 2.75) is 33.3 Å². The van der Waals surface area contributed by atoms with E-state index in [9.17, 15) is 9.59 Å². The Balaban J connectivity index is 1.64. The Bertz CT molecular complexity index is 1170. The number of ether oxygens (including phenoxy) is 1. The maximum absolute atomic E-state index is 12.5. The number of nitrogens with one attached hydrogen (secondary N) is 1. The van der Waals surface area contributed by atoms with Crippen molar-refractivity contribution in [3.63, 3.8) is 0 Å². The Hall–Kier alpha value is -3.63. The number of para-hydroxylation sites is 1. The van der Waals surface area contributed by atoms with Crippen molar-refractivity contribution in [2.75, 3.05) is 5.32 Å². The molecule has 0 radical (unpaired) electrons. The van der Waals surface area contributed by atoms with E-state index in [-0.39, 0.29) is 11.4 Å². The minimum atomic E-state index is -1.01. The van der Waals surface area contributed by atoms with Crippen molar-refractivity contribution in [3.8, 4) is 11.8 Å². The number of hydrogen-bond acceptors (Lipinski definition) is 5. The number of anilines is 1. The Labute approximate surface area is 185 Å². The summed E-state index contributed by atoms with van der Waals surface area (Å²) in [5, 5.41) is 16.3. The van der Waals surface area contributed by atoms with Crippen LogP contribution in [0.4, 0.5) is 5.69 Å². The van der Waals surface area contributed by atoms with Crippen molar-refractivity contribution in [1.29, 1.82) is 5.26 Å². The average Bonchev–Trinajstić information content (AvgIpc) is 3.02. The second-order valence-electron chi connectivity index (χ2n) is 7.00. The number of aromatic nitrogens is 2. The summed E-state index contributed by atoms with van der Waals surface area (Å²) in [6, 6.07) is 16.1. The number of rotatable bonds is 6. The minimum Gasteiger partial charge on any atom is -0.452 e. The first-order valence-corrected chi connectivity index (χ1v) is 9.98. The lowest BCUT2D eigenvalue weighted by molar-refractivity contribution is -0.152. The fraction of sp³-hybridized carbons (Fsp3) is 0.217. The van der Waals surface area contributed by atoms with E-state index in [0.717, 1.165) is 22.6 Å². The molecule has 7 nitrogen and oxygen atoms in total. The first-order chi connectivity index (χ1) is 14.8. The number of carbonyl (C=O) groups is 2. The molecule has 31 heavy (non-hydrogen) atoms. The Kier molecular flexibility index (Phi) is 6.73. The van der Waals surface area contributed by atoms with Gasteiger partial charge < -0.3 is 10.1 Å². The van der Waals surface area contributed by atoms with Crippen molar-refractivity contribution in [3.05, 3.63) is 76.1 Å². The summed E-state index contributed by atoms with van der Waals surface area (Å²) in [6.45, 7) is 5.21. The Morgan fingerprint density at radius 1 is 1.23 bits per heavy atom. The van der Waals surface area contributed by atoms with Crippen LogP contribution in [-0.4, -0.2) is 27.8 Å². The van der Waals surface area contributed by atoms with E-state index in [1.165, 1.54) is 19.1 Å². The number of amides is 1. The van der Waals surface area contributed by atoms with Gasteiger partial charge in [-0.3, -0.25) is 9.59 Å². The number of nitrogens with zero attached hydrogens (tertiary/aromatic N) is 3. The third kappa shape index (κ3) is 5.11. The molecule has 158 valence electrons. The van der Waals surface area contributed by atoms with Gasteiger partial charge >= 0.3 is 5.97 Å². The predicted octanol–water partition coefficient (Wildman–Crippen LogP) is 4.13. The highest BCUT2D eigenvalue weighted by Crippen LogP contribution is 2.21. The summed E-state index contributed by atoms with van der Waals surface area (Å²) >= 11 is 5.98. The van der Waals surface area contributed by atoms with Crippen LogP contribution < -0.4 is 5.32 Å². The lowest BCUT2D eigenvalue weighted by Gasteiger charge is -2.14. The van der Waals surface area contributed by atoms with Gasteiger partial charge in [-0.15, -0.1) is 0 Å². The van der Waals surface area contributed by atoms with Crippen LogP contribution >= 0.6 is 11.6 Å². The minimum absolute atomic E-state index is 0.00478. The van der Waals surface area contributed by atoms with Crippen LogP contribution in [0.15, 0.2) is 48.5 Å². The number of benzene rings is 2. The van der Waals surface area contributed by atoms with Crippen molar-refractivity contribution in [2.24, 2.45) is 0 Å². The van der Waals surface area contributed by atoms with Gasteiger partial charge in [0.05, 0.1) is 28.4 Å². The summed E-state index contributed by atoms with van der Waals surface area (Å²) in [5.41, 5.74) is 3.94. The topological polar surface area (TPSA) is 97.0 Å². The first-order valence-electron chi connectivity index (χ1n) is 9.60. The van der Waals surface area contributed by atoms with E-state index in [1.807, 2.05) is 50.2 Å². The van der Waals surface area contributed by atoms with Crippen LogP contribution in [0.3, 0.4) is 0 Å². The van der Waals surface area contributed by atoms with Crippen LogP contribution in [0, 0.1) is 25.2 Å². The second-order valence-corrected chi connectivity index (χ2v) is 7.41. The molecule has 1 aromatic heterocycles. The van der Waals surface area contributed by atoms with Gasteiger partial charge in [0.1, 0.15) is 6.07 Å². The number of nitriles is 1. The van der Waals surface area contributed by atoms with Crippen LogP contribution in [0.2, 0.25) is 5.02 Å². The third-order valence-corrected chi connectivity index (χ3v) is 5.11. The zero-order chi connectivity index (χ0) is 22.5. The molecule has 3 aromatic rings. The Morgan fingerprint density at radius 2 is 1.94 bits per heavy atom. The molecule has 8 heteroatoms. The molecule has 0 saturated carbocycles. The highest BCUT2D eigenvalue weighted by molar-refractivity contribution is 6.32. The second kappa shape index (κ2) is 9.45. The summed E-state index contributed by atoms with van der Waals surface area (Å²) in [6.07, 6.45) is -1.00. The zero-order valence-electron chi connectivity index (χ0n) is 17.3. The maximum atomic E-state index is 12.5. The summed E-state index contributed by atoms with van der Waals surface area (Å²) in [5.74, 6) is -1.03. The normalized spacial score (nSPS) is 11.5. The number of carbonyl (C=O) groups excluding carboxylic acids is 2. The van der Waals surface area contributed by atoms with E-state index >= 15 is 0 Å². The van der Waals surface area contributed by atoms with E-state index in [2.05, 4.69) is 10.4 Å². The molecule has 0 saturated heterocycles. The predicted molar refractivity (Wildman–Crippen MR) is 117 cm³/mol. The molecule has 0 bridgehead atoms. The molecule has 0 fully saturated rings. The smallest absolute Gasteiger partial charge is 0.311 e. The molecule has 0 aliphatic heterocycles. The summed E-state index contributed by atoms with van der Waals surface area (Å²) < 4.78 is 7.10. The molecule has 1 heterocycles. The molecule has 2 aromatic carbocycles. The van der Waals surface area contributed by atoms with Gasteiger partial charge in [-0.05, 0) is 51.1 Å². The van der Waals surface area contributed by atoms with Crippen molar-refractivity contribution >= 4 is 29.2 Å². The number of halogens is 1. The fourth-order valence-electron chi connectivity index (χ4n) is 3.12. The molecular formula is C23H21ClN4O3. The first kappa shape index (κ1) is 22.1. The van der Waals surface area contributed by atoms with Gasteiger partial charge in [-0.2, -0.15) is 10.4 Å². The van der Waals surface area contributed by atoms with Crippen molar-refractivity contribution < 1.29 is 14.3 Å². The van der Waals surface area contributed by atoms with Gasteiger partial charge in [0, 0.05) is 16.9 Å². The SMILES string of the molecule is Cc1nn(-c2ccccc2)c(C)c1CC(=O)OC(C)C(=O)Nc1ccc(C#N)c(Cl)c1. The van der Waals surface area contributed by atoms with E-state index in [4.69, 9.17) is 21.6 Å². The van der Waals surface area contributed by atoms with Gasteiger partial charge in [0.2, 0.25) is 0 Å². The van der Waals surface area contributed by atoms with Crippen LogP contribution in [0.5, 0.6) is 0 Å². The quantitative estimate of drug-likeness (QED) is 0.586. The largest absolute Gasteiger partial charge is 0.452 e. The lowest BCUT2D eigenvalue weighted by Crippen LogP contribution is -2.30. The highest BCUT2D eigenvalue weighted by Gasteiger charge is 2.21. The molecule has 1 atom stereocenters. The van der Waals surface area contributed by atoms with E-state index in [1.54, 1.807) is 10.7 Å². The number of esters is 1. The fourth-order valence-corrected chi connectivity index (χ4v) is 3.34. The Morgan fingerprint density at radius 3 is 2.58 bits per heavy atom. The molecule has 1 unspecified atom stereocenters. The third-order valence-electron chi connectivity index (χ3n) is 4.80. The van der Waals surface area contributed by atoms with Crippen LogP contribution in [0.1, 0.15) is 29.4 Å². The molecule has 1 N–H and O–H groups in total. The van der Waals surface area contributed by atoms with Gasteiger partial charge in [-0.25, -0.2) is 4.68 Å². The van der Waals surface area contributed by atoms with Crippen LogP contribution in [-0.2, 0) is 20.7 Å². The standard InChI is InChI=1S/C23H21ClN4O3/c1-14-20(15(2)28(27-14)19-7-5-4-6-8-19)12-22(29)31-16(3)23(30)26-18-10-9-17(13-25)21(24)11-18/h4-11,16H,12H2,1-3H3,(H,26,30). The lowest BCUT2D eigenvalue weighted by atomic mass is 10.1. The molecule has 1 amide bonds. The maximum Gasteiger partial charge on any atom is 0.311 e. The van der Waals surface area contributed by atoms with Crippen molar-refractivity contribution in [1.82, 2.24) is 9.78 Å². The van der Waals surface area contributed by atoms with Gasteiger partial charge in [0.15, 0.2) is 6.10 Å². The van der Waals surface area contributed by atoms with E-state index < -0.39 is 18.0 Å². The molecule has 0 aliphatic rings. The molecule has 0 spiro atoms. The van der Waals surface area contributed by atoms with E-state index in [0.29, 0.717) is 11.3 Å². The molecule has 3 rings (SSSR count). The monoisotopic (exact) mass is 436 g/mol. The van der Waals surface area contributed by atoms with Gasteiger partial charge in [-0.1, -0.05) is 29.8 Å². The zero-order valence-corrected chi connectivity index (χ0v) is 18.1. The number of hydrogen-bond donors (Lipinski definition) is 1. The summed E-state index contributed by atoms with van der Waals surface area (Å²) in [7, 11) is 0.